The summed E-state index contributed by atoms with van der Waals surface area (Å²) < 4.78 is 0. The van der Waals surface area contributed by atoms with Crippen LogP contribution in [0.1, 0.15) is 58.8 Å². The molecule has 1 N–H and O–H groups in total. The molecular weight excluding hydrogens is 172 g/mol. The van der Waals surface area contributed by atoms with E-state index < -0.39 is 0 Å². The van der Waals surface area contributed by atoms with E-state index in [1.54, 1.807) is 0 Å². The number of rotatable bonds is 3. The lowest BCUT2D eigenvalue weighted by Gasteiger charge is -2.37. The van der Waals surface area contributed by atoms with Crippen LogP contribution in [-0.2, 0) is 0 Å². The molecule has 0 aromatic heterocycles. The minimum atomic E-state index is -0.149. The van der Waals surface area contributed by atoms with E-state index in [9.17, 15) is 5.11 Å². The molecule has 0 radical (unpaired) electrons. The number of hydrogen-bond donors (Lipinski definition) is 1. The Balaban J connectivity index is 2.39. The molecule has 1 aliphatic rings. The first-order valence-corrected chi connectivity index (χ1v) is 5.77. The summed E-state index contributed by atoms with van der Waals surface area (Å²) in [4.78, 5) is 0. The van der Waals surface area contributed by atoms with Gasteiger partial charge in [0, 0.05) is 6.42 Å². The summed E-state index contributed by atoms with van der Waals surface area (Å²) in [5, 5.41) is 10.1. The van der Waals surface area contributed by atoms with Crippen molar-refractivity contribution in [2.75, 3.05) is 0 Å². The Hall–Kier alpha value is -0.480. The van der Waals surface area contributed by atoms with Crippen LogP contribution >= 0.6 is 0 Å². The van der Waals surface area contributed by atoms with E-state index in [-0.39, 0.29) is 11.5 Å². The van der Waals surface area contributed by atoms with Gasteiger partial charge in [-0.25, -0.2) is 0 Å². The first-order chi connectivity index (χ1) is 6.69. The van der Waals surface area contributed by atoms with E-state index in [4.69, 9.17) is 0 Å². The van der Waals surface area contributed by atoms with Crippen molar-refractivity contribution in [3.63, 3.8) is 0 Å². The summed E-state index contributed by atoms with van der Waals surface area (Å²) in [5.41, 5.74) is 0.174. The molecule has 1 atom stereocenters. The standard InChI is InChI=1S/C13H22O/c1-3-4-6-9-12(14)13(2)10-7-5-8-11-13/h12,14H,5-11H2,1-2H3. The van der Waals surface area contributed by atoms with Crippen molar-refractivity contribution in [1.82, 2.24) is 0 Å². The number of aliphatic hydroxyl groups excluding tert-OH is 1. The Labute approximate surface area is 87.9 Å². The minimum Gasteiger partial charge on any atom is -0.393 e. The Morgan fingerprint density at radius 2 is 1.93 bits per heavy atom. The van der Waals surface area contributed by atoms with Crippen LogP contribution < -0.4 is 0 Å². The fourth-order valence-electron chi connectivity index (χ4n) is 2.38. The van der Waals surface area contributed by atoms with Crippen molar-refractivity contribution in [3.05, 3.63) is 0 Å². The van der Waals surface area contributed by atoms with Crippen molar-refractivity contribution in [3.8, 4) is 11.8 Å². The van der Waals surface area contributed by atoms with Crippen molar-refractivity contribution < 1.29 is 5.11 Å². The highest BCUT2D eigenvalue weighted by Gasteiger charge is 2.33. The van der Waals surface area contributed by atoms with Gasteiger partial charge in [0.25, 0.3) is 0 Å². The molecule has 0 aromatic carbocycles. The summed E-state index contributed by atoms with van der Waals surface area (Å²) >= 11 is 0. The van der Waals surface area contributed by atoms with Crippen molar-refractivity contribution in [2.24, 2.45) is 5.41 Å². The molecule has 80 valence electrons. The lowest BCUT2D eigenvalue weighted by atomic mass is 9.71. The lowest BCUT2D eigenvalue weighted by Crippen LogP contribution is -2.34. The summed E-state index contributed by atoms with van der Waals surface area (Å²) in [7, 11) is 0. The molecule has 0 saturated heterocycles. The van der Waals surface area contributed by atoms with Gasteiger partial charge in [-0.2, -0.15) is 0 Å². The summed E-state index contributed by atoms with van der Waals surface area (Å²) in [6, 6.07) is 0. The highest BCUT2D eigenvalue weighted by atomic mass is 16.3. The van der Waals surface area contributed by atoms with Crippen molar-refractivity contribution in [1.29, 1.82) is 0 Å². The molecule has 0 heterocycles. The molecule has 0 aliphatic heterocycles. The molecule has 1 nitrogen and oxygen atoms in total. The molecule has 0 bridgehead atoms. The van der Waals surface area contributed by atoms with Gasteiger partial charge in [0.2, 0.25) is 0 Å². The van der Waals surface area contributed by atoms with Gasteiger partial charge in [-0.3, -0.25) is 0 Å². The molecule has 1 unspecified atom stereocenters. The van der Waals surface area contributed by atoms with Gasteiger partial charge in [0.05, 0.1) is 6.10 Å². The third-order valence-corrected chi connectivity index (χ3v) is 3.52. The quantitative estimate of drug-likeness (QED) is 0.684. The average Bonchev–Trinajstić information content (AvgIpc) is 2.19. The zero-order chi connectivity index (χ0) is 10.4. The van der Waals surface area contributed by atoms with E-state index in [1.807, 2.05) is 6.92 Å². The molecule has 0 amide bonds. The van der Waals surface area contributed by atoms with Crippen LogP contribution in [0.5, 0.6) is 0 Å². The molecule has 1 heteroatoms. The highest BCUT2D eigenvalue weighted by molar-refractivity contribution is 4.96. The van der Waals surface area contributed by atoms with Crippen LogP contribution in [0.3, 0.4) is 0 Å². The minimum absolute atomic E-state index is 0.149. The Morgan fingerprint density at radius 3 is 2.50 bits per heavy atom. The van der Waals surface area contributed by atoms with Crippen LogP contribution in [0.25, 0.3) is 0 Å². The SMILES string of the molecule is CC#CCCC(O)C1(C)CCCCC1. The first-order valence-electron chi connectivity index (χ1n) is 5.77. The van der Waals surface area contributed by atoms with Gasteiger partial charge in [-0.15, -0.1) is 11.8 Å². The first kappa shape index (κ1) is 11.6. The zero-order valence-electron chi connectivity index (χ0n) is 9.47. The maximum atomic E-state index is 10.1. The molecule has 1 saturated carbocycles. The molecule has 0 aromatic rings. The second-order valence-electron chi connectivity index (χ2n) is 4.70. The summed E-state index contributed by atoms with van der Waals surface area (Å²) in [6.45, 7) is 4.09. The van der Waals surface area contributed by atoms with Gasteiger partial charge in [-0.05, 0) is 31.6 Å². The van der Waals surface area contributed by atoms with Crippen LogP contribution in [0.4, 0.5) is 0 Å². The average molecular weight is 194 g/mol. The molecule has 0 spiro atoms. The maximum absolute atomic E-state index is 10.1. The smallest absolute Gasteiger partial charge is 0.0602 e. The van der Waals surface area contributed by atoms with E-state index in [2.05, 4.69) is 18.8 Å². The van der Waals surface area contributed by atoms with E-state index in [0.717, 1.165) is 12.8 Å². The second kappa shape index (κ2) is 5.41. The predicted molar refractivity (Wildman–Crippen MR) is 59.9 cm³/mol. The van der Waals surface area contributed by atoms with Crippen molar-refractivity contribution >= 4 is 0 Å². The van der Waals surface area contributed by atoms with Gasteiger partial charge in [-0.1, -0.05) is 26.2 Å². The maximum Gasteiger partial charge on any atom is 0.0602 e. The third-order valence-electron chi connectivity index (χ3n) is 3.52. The topological polar surface area (TPSA) is 20.2 Å². The van der Waals surface area contributed by atoms with Gasteiger partial charge < -0.3 is 5.11 Å². The Bertz CT molecular complexity index is 215. The molecule has 1 aliphatic carbocycles. The number of hydrogen-bond acceptors (Lipinski definition) is 1. The highest BCUT2D eigenvalue weighted by Crippen LogP contribution is 2.39. The van der Waals surface area contributed by atoms with Gasteiger partial charge in [0.1, 0.15) is 0 Å². The number of aliphatic hydroxyl groups is 1. The van der Waals surface area contributed by atoms with Gasteiger partial charge in [0.15, 0.2) is 0 Å². The van der Waals surface area contributed by atoms with Gasteiger partial charge >= 0.3 is 0 Å². The van der Waals surface area contributed by atoms with E-state index in [0.29, 0.717) is 0 Å². The van der Waals surface area contributed by atoms with Crippen LogP contribution in [-0.4, -0.2) is 11.2 Å². The lowest BCUT2D eigenvalue weighted by molar-refractivity contribution is 0.00533. The normalized spacial score (nSPS) is 22.2. The Morgan fingerprint density at radius 1 is 1.29 bits per heavy atom. The monoisotopic (exact) mass is 194 g/mol. The Kier molecular flexibility index (Phi) is 4.48. The van der Waals surface area contributed by atoms with E-state index >= 15 is 0 Å². The second-order valence-corrected chi connectivity index (χ2v) is 4.70. The van der Waals surface area contributed by atoms with Crippen LogP contribution in [0, 0.1) is 17.3 Å². The fraction of sp³-hybridized carbons (Fsp3) is 0.846. The fourth-order valence-corrected chi connectivity index (χ4v) is 2.38. The summed E-state index contributed by atoms with van der Waals surface area (Å²) in [5.74, 6) is 5.90. The van der Waals surface area contributed by atoms with Crippen LogP contribution in [0.15, 0.2) is 0 Å². The van der Waals surface area contributed by atoms with Crippen molar-refractivity contribution in [2.45, 2.75) is 64.9 Å². The molecule has 14 heavy (non-hydrogen) atoms. The van der Waals surface area contributed by atoms with Crippen LogP contribution in [0.2, 0.25) is 0 Å². The summed E-state index contributed by atoms with van der Waals surface area (Å²) in [6.07, 6.45) is 7.83. The molecule has 1 fully saturated rings. The molecule has 1 rings (SSSR count). The molecular formula is C13H22O. The third kappa shape index (κ3) is 3.03. The zero-order valence-corrected chi connectivity index (χ0v) is 9.47. The predicted octanol–water partition coefficient (Wildman–Crippen LogP) is 3.12. The largest absolute Gasteiger partial charge is 0.393 e. The van der Waals surface area contributed by atoms with E-state index in [1.165, 1.54) is 32.1 Å².